The van der Waals surface area contributed by atoms with Gasteiger partial charge in [-0.3, -0.25) is 4.98 Å². The van der Waals surface area contributed by atoms with Crippen molar-refractivity contribution in [2.45, 2.75) is 38.8 Å². The van der Waals surface area contributed by atoms with Crippen molar-refractivity contribution in [2.24, 2.45) is 0 Å². The van der Waals surface area contributed by atoms with E-state index < -0.39 is 0 Å². The highest BCUT2D eigenvalue weighted by atomic mass is 14.9. The summed E-state index contributed by atoms with van der Waals surface area (Å²) < 4.78 is 0. The lowest BCUT2D eigenvalue weighted by molar-refractivity contribution is 0.439. The van der Waals surface area contributed by atoms with Crippen molar-refractivity contribution in [3.05, 3.63) is 66.0 Å². The summed E-state index contributed by atoms with van der Waals surface area (Å²) in [4.78, 5) is 4.07. The van der Waals surface area contributed by atoms with Gasteiger partial charge in [-0.1, -0.05) is 43.7 Å². The first-order chi connectivity index (χ1) is 9.31. The number of rotatable bonds is 6. The Kier molecular flexibility index (Phi) is 5.10. The molecule has 0 amide bonds. The summed E-state index contributed by atoms with van der Waals surface area (Å²) in [5, 5.41) is 3.72. The van der Waals surface area contributed by atoms with Gasteiger partial charge in [-0.25, -0.2) is 0 Å². The molecule has 2 nitrogen and oxygen atoms in total. The molecule has 2 unspecified atom stereocenters. The highest BCUT2D eigenvalue weighted by Crippen LogP contribution is 2.22. The third-order valence-electron chi connectivity index (χ3n) is 3.44. The molecule has 0 saturated heterocycles. The molecule has 2 atom stereocenters. The number of benzene rings is 1. The average molecular weight is 254 g/mol. The zero-order valence-corrected chi connectivity index (χ0v) is 11.7. The van der Waals surface area contributed by atoms with E-state index in [1.54, 1.807) is 0 Å². The first-order valence-electron chi connectivity index (χ1n) is 7.02. The van der Waals surface area contributed by atoms with Crippen LogP contribution in [0.25, 0.3) is 0 Å². The number of pyridine rings is 1. The van der Waals surface area contributed by atoms with Gasteiger partial charge in [0.1, 0.15) is 0 Å². The van der Waals surface area contributed by atoms with Crippen LogP contribution in [-0.4, -0.2) is 4.98 Å². The van der Waals surface area contributed by atoms with Crippen LogP contribution in [0.4, 0.5) is 0 Å². The maximum Gasteiger partial charge on any atom is 0.0325 e. The van der Waals surface area contributed by atoms with Crippen molar-refractivity contribution >= 4 is 0 Å². The van der Waals surface area contributed by atoms with Gasteiger partial charge in [0.05, 0.1) is 0 Å². The highest BCUT2D eigenvalue weighted by Gasteiger charge is 2.14. The molecule has 0 aliphatic carbocycles. The fourth-order valence-electron chi connectivity index (χ4n) is 2.37. The summed E-state index contributed by atoms with van der Waals surface area (Å²) in [5.41, 5.74) is 2.65. The number of hydrogen-bond donors (Lipinski definition) is 1. The monoisotopic (exact) mass is 254 g/mol. The topological polar surface area (TPSA) is 24.9 Å². The minimum atomic E-state index is 0.333. The van der Waals surface area contributed by atoms with Gasteiger partial charge in [0, 0.05) is 24.5 Å². The van der Waals surface area contributed by atoms with Gasteiger partial charge < -0.3 is 5.32 Å². The SMILES string of the molecule is CCCC(NC(C)c1ccncc1)c1ccccc1. The molecule has 2 rings (SSSR count). The fraction of sp³-hybridized carbons (Fsp3) is 0.353. The quantitative estimate of drug-likeness (QED) is 0.832. The second-order valence-corrected chi connectivity index (χ2v) is 4.92. The van der Waals surface area contributed by atoms with Gasteiger partial charge in [-0.15, -0.1) is 0 Å². The third kappa shape index (κ3) is 3.90. The third-order valence-corrected chi connectivity index (χ3v) is 3.44. The molecule has 0 aliphatic heterocycles. The van der Waals surface area contributed by atoms with Crippen LogP contribution in [0, 0.1) is 0 Å². The van der Waals surface area contributed by atoms with Crippen molar-refractivity contribution < 1.29 is 0 Å². The van der Waals surface area contributed by atoms with E-state index in [4.69, 9.17) is 0 Å². The van der Waals surface area contributed by atoms with Crippen molar-refractivity contribution in [3.63, 3.8) is 0 Å². The molecule has 0 spiro atoms. The molecule has 1 aromatic heterocycles. The van der Waals surface area contributed by atoms with E-state index in [0.29, 0.717) is 12.1 Å². The molecule has 2 aromatic rings. The number of aromatic nitrogens is 1. The normalized spacial score (nSPS) is 14.0. The van der Waals surface area contributed by atoms with Gasteiger partial charge >= 0.3 is 0 Å². The largest absolute Gasteiger partial charge is 0.303 e. The maximum absolute atomic E-state index is 4.07. The lowest BCUT2D eigenvalue weighted by Crippen LogP contribution is -2.24. The lowest BCUT2D eigenvalue weighted by atomic mass is 10.00. The van der Waals surface area contributed by atoms with E-state index in [-0.39, 0.29) is 0 Å². The smallest absolute Gasteiger partial charge is 0.0325 e. The van der Waals surface area contributed by atoms with Crippen LogP contribution in [0.2, 0.25) is 0 Å². The first-order valence-corrected chi connectivity index (χ1v) is 7.02. The second kappa shape index (κ2) is 7.05. The second-order valence-electron chi connectivity index (χ2n) is 4.92. The van der Waals surface area contributed by atoms with E-state index >= 15 is 0 Å². The molecule has 19 heavy (non-hydrogen) atoms. The Hall–Kier alpha value is -1.67. The van der Waals surface area contributed by atoms with Gasteiger partial charge in [0.25, 0.3) is 0 Å². The molecule has 1 heterocycles. The Morgan fingerprint density at radius 2 is 1.68 bits per heavy atom. The van der Waals surface area contributed by atoms with Crippen LogP contribution in [-0.2, 0) is 0 Å². The summed E-state index contributed by atoms with van der Waals surface area (Å²) in [6, 6.07) is 15.6. The van der Waals surface area contributed by atoms with Crippen LogP contribution in [0.3, 0.4) is 0 Å². The summed E-state index contributed by atoms with van der Waals surface area (Å²) in [6.07, 6.45) is 6.03. The summed E-state index contributed by atoms with van der Waals surface area (Å²) in [6.45, 7) is 4.44. The first kappa shape index (κ1) is 13.8. The van der Waals surface area contributed by atoms with Crippen LogP contribution < -0.4 is 5.32 Å². The molecule has 0 aliphatic rings. The van der Waals surface area contributed by atoms with Crippen LogP contribution in [0.15, 0.2) is 54.9 Å². The van der Waals surface area contributed by atoms with Crippen LogP contribution >= 0.6 is 0 Å². The van der Waals surface area contributed by atoms with E-state index in [1.807, 2.05) is 12.4 Å². The number of nitrogens with one attached hydrogen (secondary N) is 1. The zero-order chi connectivity index (χ0) is 13.5. The minimum Gasteiger partial charge on any atom is -0.303 e. The Labute approximate surface area is 115 Å². The lowest BCUT2D eigenvalue weighted by Gasteiger charge is -2.23. The average Bonchev–Trinajstić information content (AvgIpc) is 2.48. The van der Waals surface area contributed by atoms with Crippen molar-refractivity contribution in [1.29, 1.82) is 0 Å². The molecular weight excluding hydrogens is 232 g/mol. The van der Waals surface area contributed by atoms with Gasteiger partial charge in [-0.05, 0) is 36.6 Å². The Balaban J connectivity index is 2.09. The molecule has 0 bridgehead atoms. The van der Waals surface area contributed by atoms with Crippen LogP contribution in [0.1, 0.15) is 49.9 Å². The van der Waals surface area contributed by atoms with E-state index in [0.717, 1.165) is 6.42 Å². The van der Waals surface area contributed by atoms with E-state index in [2.05, 4.69) is 66.6 Å². The van der Waals surface area contributed by atoms with E-state index in [9.17, 15) is 0 Å². The molecule has 0 saturated carbocycles. The standard InChI is InChI=1S/C17H22N2/c1-3-7-17(16-8-5-4-6-9-16)19-14(2)15-10-12-18-13-11-15/h4-6,8-14,17,19H,3,7H2,1-2H3. The molecule has 0 fully saturated rings. The van der Waals surface area contributed by atoms with Gasteiger partial charge in [0.15, 0.2) is 0 Å². The summed E-state index contributed by atoms with van der Waals surface area (Å²) >= 11 is 0. The zero-order valence-electron chi connectivity index (χ0n) is 11.7. The minimum absolute atomic E-state index is 0.333. The molecular formula is C17H22N2. The Morgan fingerprint density at radius 3 is 2.32 bits per heavy atom. The van der Waals surface area contributed by atoms with Crippen molar-refractivity contribution in [2.75, 3.05) is 0 Å². The van der Waals surface area contributed by atoms with Gasteiger partial charge in [-0.2, -0.15) is 0 Å². The molecule has 1 aromatic carbocycles. The molecule has 0 radical (unpaired) electrons. The Bertz CT molecular complexity index is 467. The molecule has 1 N–H and O–H groups in total. The predicted molar refractivity (Wildman–Crippen MR) is 79.9 cm³/mol. The van der Waals surface area contributed by atoms with Crippen molar-refractivity contribution in [3.8, 4) is 0 Å². The van der Waals surface area contributed by atoms with Crippen molar-refractivity contribution in [1.82, 2.24) is 10.3 Å². The van der Waals surface area contributed by atoms with Gasteiger partial charge in [0.2, 0.25) is 0 Å². The summed E-state index contributed by atoms with van der Waals surface area (Å²) in [7, 11) is 0. The molecule has 2 heteroatoms. The molecule has 100 valence electrons. The fourth-order valence-corrected chi connectivity index (χ4v) is 2.37. The maximum atomic E-state index is 4.07. The van der Waals surface area contributed by atoms with Crippen LogP contribution in [0.5, 0.6) is 0 Å². The predicted octanol–water partition coefficient (Wildman–Crippen LogP) is 4.27. The summed E-state index contributed by atoms with van der Waals surface area (Å²) in [5.74, 6) is 0. The van der Waals surface area contributed by atoms with E-state index in [1.165, 1.54) is 17.5 Å². The number of nitrogens with zero attached hydrogens (tertiary/aromatic N) is 1. The highest BCUT2D eigenvalue weighted by molar-refractivity contribution is 5.20. The Morgan fingerprint density at radius 1 is 1.00 bits per heavy atom. The number of hydrogen-bond acceptors (Lipinski definition) is 2.